The first kappa shape index (κ1) is 5.81. The molecule has 0 aliphatic heterocycles. The van der Waals surface area contributed by atoms with Crippen molar-refractivity contribution in [3.05, 3.63) is 24.5 Å². The molecular formula is C4H4CrN-. The number of hydrogen-bond acceptors (Lipinski definition) is 0. The molecule has 1 aromatic rings. The zero-order valence-corrected chi connectivity index (χ0v) is 4.44. The fourth-order valence-electron chi connectivity index (χ4n) is 0.248. The van der Waals surface area contributed by atoms with Crippen molar-refractivity contribution < 1.29 is 17.4 Å². The van der Waals surface area contributed by atoms with Gasteiger partial charge in [0.25, 0.3) is 0 Å². The molecule has 0 N–H and O–H groups in total. The molecule has 0 saturated heterocycles. The van der Waals surface area contributed by atoms with Gasteiger partial charge in [0.15, 0.2) is 0 Å². The summed E-state index contributed by atoms with van der Waals surface area (Å²) in [5, 5.41) is 0. The Kier molecular flexibility index (Phi) is 2.93. The maximum absolute atomic E-state index is 3.72. The predicted molar refractivity (Wildman–Crippen MR) is 19.8 cm³/mol. The zero-order chi connectivity index (χ0) is 3.54. The molecule has 0 unspecified atom stereocenters. The summed E-state index contributed by atoms with van der Waals surface area (Å²) < 4.78 is 0. The van der Waals surface area contributed by atoms with Crippen LogP contribution in [0.1, 0.15) is 0 Å². The molecule has 0 saturated carbocycles. The summed E-state index contributed by atoms with van der Waals surface area (Å²) in [6, 6.07) is 3.78. The Bertz CT molecular complexity index is 64.0. The number of rotatable bonds is 0. The van der Waals surface area contributed by atoms with E-state index in [4.69, 9.17) is 0 Å². The summed E-state index contributed by atoms with van der Waals surface area (Å²) in [7, 11) is 0. The molecule has 0 fully saturated rings. The summed E-state index contributed by atoms with van der Waals surface area (Å²) in [4.78, 5) is 3.72. The molecule has 0 atom stereocenters. The van der Waals surface area contributed by atoms with Gasteiger partial charge in [0, 0.05) is 17.4 Å². The number of hydrogen-bond donors (Lipinski definition) is 0. The van der Waals surface area contributed by atoms with E-state index in [9.17, 15) is 0 Å². The van der Waals surface area contributed by atoms with Crippen LogP contribution in [0, 0.1) is 0 Å². The third-order valence-electron chi connectivity index (χ3n) is 0.455. The van der Waals surface area contributed by atoms with E-state index in [0.717, 1.165) is 0 Å². The zero-order valence-electron chi connectivity index (χ0n) is 3.16. The molecule has 0 aliphatic carbocycles. The summed E-state index contributed by atoms with van der Waals surface area (Å²) in [5.74, 6) is 0. The molecule has 1 rings (SSSR count). The van der Waals surface area contributed by atoms with Gasteiger partial charge >= 0.3 is 0 Å². The summed E-state index contributed by atoms with van der Waals surface area (Å²) in [6.45, 7) is 0. The van der Waals surface area contributed by atoms with E-state index in [1.807, 2.05) is 12.1 Å². The monoisotopic (exact) mass is 118 g/mol. The predicted octanol–water partition coefficient (Wildman–Crippen LogP) is 0.641. The Morgan fingerprint density at radius 1 is 1.00 bits per heavy atom. The molecular weight excluding hydrogens is 114 g/mol. The molecule has 0 spiro atoms. The molecule has 6 heavy (non-hydrogen) atoms. The van der Waals surface area contributed by atoms with Crippen LogP contribution in [-0.2, 0) is 17.4 Å². The van der Waals surface area contributed by atoms with E-state index in [1.54, 1.807) is 12.4 Å². The van der Waals surface area contributed by atoms with Crippen molar-refractivity contribution in [2.45, 2.75) is 0 Å². The van der Waals surface area contributed by atoms with E-state index in [1.165, 1.54) is 0 Å². The van der Waals surface area contributed by atoms with E-state index in [0.29, 0.717) is 0 Å². The van der Waals surface area contributed by atoms with Crippen molar-refractivity contribution in [1.29, 1.82) is 0 Å². The van der Waals surface area contributed by atoms with Gasteiger partial charge in [0.1, 0.15) is 0 Å². The van der Waals surface area contributed by atoms with Crippen LogP contribution in [0.25, 0.3) is 0 Å². The third-order valence-corrected chi connectivity index (χ3v) is 0.455. The van der Waals surface area contributed by atoms with Crippen LogP contribution in [0.3, 0.4) is 0 Å². The third kappa shape index (κ3) is 1.30. The average molecular weight is 118 g/mol. The Balaban J connectivity index is 0.000000250. The van der Waals surface area contributed by atoms with Gasteiger partial charge < -0.3 is 4.98 Å². The molecule has 0 amide bonds. The Labute approximate surface area is 47.5 Å². The molecule has 1 aromatic heterocycles. The van der Waals surface area contributed by atoms with E-state index in [-0.39, 0.29) is 17.4 Å². The molecule has 1 heterocycles. The van der Waals surface area contributed by atoms with Crippen LogP contribution in [0.5, 0.6) is 0 Å². The van der Waals surface area contributed by atoms with Crippen LogP contribution >= 0.6 is 0 Å². The van der Waals surface area contributed by atoms with Crippen molar-refractivity contribution >= 4 is 0 Å². The standard InChI is InChI=1S/C4H4N.Cr/c1-2-4-5-3-1;/h1-4H;/q-1;. The Morgan fingerprint density at radius 3 is 1.67 bits per heavy atom. The molecule has 1 nitrogen and oxygen atoms in total. The minimum Gasteiger partial charge on any atom is -0.670 e. The van der Waals surface area contributed by atoms with Crippen molar-refractivity contribution in [3.63, 3.8) is 0 Å². The van der Waals surface area contributed by atoms with Gasteiger partial charge in [-0.25, -0.2) is 0 Å². The van der Waals surface area contributed by atoms with E-state index in [2.05, 4.69) is 4.98 Å². The van der Waals surface area contributed by atoms with Crippen molar-refractivity contribution in [2.75, 3.05) is 0 Å². The average Bonchev–Trinajstić information content (AvgIpc) is 1.76. The summed E-state index contributed by atoms with van der Waals surface area (Å²) in [6.07, 6.45) is 3.50. The summed E-state index contributed by atoms with van der Waals surface area (Å²) in [5.41, 5.74) is 0. The second-order valence-electron chi connectivity index (χ2n) is 0.832. The van der Waals surface area contributed by atoms with Gasteiger partial charge in [-0.15, -0.1) is 0 Å². The smallest absolute Gasteiger partial charge is 0 e. The molecule has 0 aliphatic rings. The molecule has 0 bridgehead atoms. The molecule has 0 radical (unpaired) electrons. The summed E-state index contributed by atoms with van der Waals surface area (Å²) >= 11 is 0. The van der Waals surface area contributed by atoms with Crippen LogP contribution in [-0.4, -0.2) is 0 Å². The Hall–Kier alpha value is -0.188. The first-order chi connectivity index (χ1) is 2.50. The number of aromatic nitrogens is 1. The van der Waals surface area contributed by atoms with Crippen LogP contribution in [0.15, 0.2) is 24.5 Å². The maximum Gasteiger partial charge on any atom is 0 e. The van der Waals surface area contributed by atoms with Crippen LogP contribution in [0.4, 0.5) is 0 Å². The van der Waals surface area contributed by atoms with Gasteiger partial charge in [-0.2, -0.15) is 12.4 Å². The maximum atomic E-state index is 3.72. The largest absolute Gasteiger partial charge is 0.670 e. The first-order valence-corrected chi connectivity index (χ1v) is 1.52. The van der Waals surface area contributed by atoms with Crippen molar-refractivity contribution in [3.8, 4) is 0 Å². The second kappa shape index (κ2) is 3.02. The minimum absolute atomic E-state index is 0. The van der Waals surface area contributed by atoms with Gasteiger partial charge in [-0.1, -0.05) is 12.1 Å². The van der Waals surface area contributed by atoms with E-state index < -0.39 is 0 Å². The fraction of sp³-hybridized carbons (Fsp3) is 0. The molecule has 2 heteroatoms. The normalized spacial score (nSPS) is 6.67. The van der Waals surface area contributed by atoms with Gasteiger partial charge in [0.05, 0.1) is 0 Å². The quantitative estimate of drug-likeness (QED) is 0.487. The van der Waals surface area contributed by atoms with Gasteiger partial charge in [-0.05, 0) is 0 Å². The Morgan fingerprint density at radius 2 is 1.50 bits per heavy atom. The minimum atomic E-state index is 0. The van der Waals surface area contributed by atoms with Crippen LogP contribution < -0.4 is 4.98 Å². The van der Waals surface area contributed by atoms with E-state index >= 15 is 0 Å². The topological polar surface area (TPSA) is 14.1 Å². The first-order valence-electron chi connectivity index (χ1n) is 1.52. The molecule has 32 valence electrons. The SMILES string of the molecule is [Cr].c1cc[n-]c1. The van der Waals surface area contributed by atoms with Crippen LogP contribution in [0.2, 0.25) is 0 Å². The van der Waals surface area contributed by atoms with Crippen molar-refractivity contribution in [1.82, 2.24) is 4.98 Å². The van der Waals surface area contributed by atoms with Crippen molar-refractivity contribution in [2.24, 2.45) is 0 Å². The number of nitrogens with zero attached hydrogens (tertiary/aromatic N) is 1. The van der Waals surface area contributed by atoms with Gasteiger partial charge in [-0.3, -0.25) is 0 Å². The van der Waals surface area contributed by atoms with Gasteiger partial charge in [0.2, 0.25) is 0 Å². The second-order valence-corrected chi connectivity index (χ2v) is 0.832. The fourth-order valence-corrected chi connectivity index (χ4v) is 0.248. The molecule has 0 aromatic carbocycles.